The minimum absolute atomic E-state index is 0.0600. The Hall–Kier alpha value is -4.27. The summed E-state index contributed by atoms with van der Waals surface area (Å²) in [7, 11) is 0. The molecule has 2 fully saturated rings. The van der Waals surface area contributed by atoms with Crippen molar-refractivity contribution in [3.63, 3.8) is 0 Å². The summed E-state index contributed by atoms with van der Waals surface area (Å²) < 4.78 is 20.8. The van der Waals surface area contributed by atoms with Crippen molar-refractivity contribution >= 4 is 35.1 Å². The van der Waals surface area contributed by atoms with E-state index in [9.17, 15) is 9.59 Å². The van der Waals surface area contributed by atoms with Gasteiger partial charge in [0, 0.05) is 45.1 Å². The molecule has 12 heteroatoms. The molecular formula is C30H29ClFN7O3. The highest BCUT2D eigenvalue weighted by Crippen LogP contribution is 2.46. The second kappa shape index (κ2) is 11.5. The monoisotopic (exact) mass is 589 g/mol. The molecule has 10 nitrogen and oxygen atoms in total. The van der Waals surface area contributed by atoms with Crippen LogP contribution in [0.1, 0.15) is 52.7 Å². The van der Waals surface area contributed by atoms with Crippen molar-refractivity contribution in [3.8, 4) is 6.07 Å². The van der Waals surface area contributed by atoms with Crippen molar-refractivity contribution in [3.05, 3.63) is 81.8 Å². The fraction of sp³-hybridized carbons (Fsp3) is 0.367. The maximum atomic E-state index is 15.1. The molecule has 1 saturated carbocycles. The van der Waals surface area contributed by atoms with Crippen LogP contribution in [0.5, 0.6) is 0 Å². The second-order valence-electron chi connectivity index (χ2n) is 10.9. The van der Waals surface area contributed by atoms with Gasteiger partial charge in [-0.05, 0) is 42.2 Å². The van der Waals surface area contributed by atoms with Gasteiger partial charge in [0.2, 0.25) is 0 Å². The van der Waals surface area contributed by atoms with Gasteiger partial charge >= 0.3 is 6.09 Å². The predicted molar refractivity (Wildman–Crippen MR) is 153 cm³/mol. The first-order valence-electron chi connectivity index (χ1n) is 13.9. The Labute approximate surface area is 247 Å². The van der Waals surface area contributed by atoms with Crippen LogP contribution >= 0.6 is 11.6 Å². The Morgan fingerprint density at radius 1 is 1.26 bits per heavy atom. The molecule has 1 saturated heterocycles. The maximum Gasteiger partial charge on any atom is 0.412 e. The maximum absolute atomic E-state index is 15.1. The summed E-state index contributed by atoms with van der Waals surface area (Å²) >= 11 is 6.05. The Kier molecular flexibility index (Phi) is 7.66. The number of anilines is 2. The third-order valence-corrected chi connectivity index (χ3v) is 8.26. The Balaban J connectivity index is 1.09. The number of hydrogen-bond acceptors (Lipinski definition) is 8. The summed E-state index contributed by atoms with van der Waals surface area (Å²) in [6.45, 7) is 2.46. The van der Waals surface area contributed by atoms with E-state index < -0.39 is 17.5 Å². The number of carbonyl (C=O) groups is 2. The lowest BCUT2D eigenvalue weighted by atomic mass is 9.89. The number of fused-ring (bicyclic) bond motifs is 2. The van der Waals surface area contributed by atoms with Crippen molar-refractivity contribution < 1.29 is 18.7 Å². The number of ether oxygens (including phenoxy) is 1. The van der Waals surface area contributed by atoms with Gasteiger partial charge in [0.05, 0.1) is 40.6 Å². The smallest absolute Gasteiger partial charge is 0.412 e. The van der Waals surface area contributed by atoms with E-state index in [-0.39, 0.29) is 23.0 Å². The molecule has 0 bridgehead atoms. The molecule has 2 amide bonds. The number of aromatic nitrogens is 2. The van der Waals surface area contributed by atoms with Crippen LogP contribution in [0.15, 0.2) is 48.7 Å². The van der Waals surface area contributed by atoms with Gasteiger partial charge in [0.15, 0.2) is 17.2 Å². The number of nitrogens with zero attached hydrogens (tertiary/aromatic N) is 5. The molecule has 1 aliphatic carbocycles. The van der Waals surface area contributed by atoms with Gasteiger partial charge in [-0.25, -0.2) is 9.18 Å². The van der Waals surface area contributed by atoms with Crippen LogP contribution in [0, 0.1) is 17.1 Å². The summed E-state index contributed by atoms with van der Waals surface area (Å²) in [5.74, 6) is -0.529. The van der Waals surface area contributed by atoms with E-state index in [0.29, 0.717) is 49.0 Å². The first-order chi connectivity index (χ1) is 20.3. The van der Waals surface area contributed by atoms with E-state index >= 15 is 4.39 Å². The van der Waals surface area contributed by atoms with Gasteiger partial charge in [0.25, 0.3) is 5.91 Å². The molecule has 3 heterocycles. The average Bonchev–Trinajstić information content (AvgIpc) is 3.76. The molecule has 2 aromatic carbocycles. The molecule has 216 valence electrons. The third-order valence-electron chi connectivity index (χ3n) is 7.97. The van der Waals surface area contributed by atoms with Crippen LogP contribution in [0.25, 0.3) is 0 Å². The number of amides is 2. The second-order valence-corrected chi connectivity index (χ2v) is 11.3. The Bertz CT molecular complexity index is 1560. The molecule has 2 N–H and O–H groups in total. The lowest BCUT2D eigenvalue weighted by Crippen LogP contribution is -2.42. The zero-order valence-electron chi connectivity index (χ0n) is 22.8. The van der Waals surface area contributed by atoms with E-state index in [2.05, 4.69) is 43.9 Å². The van der Waals surface area contributed by atoms with Crippen LogP contribution in [-0.2, 0) is 23.4 Å². The molecule has 1 atom stereocenters. The average molecular weight is 590 g/mol. The summed E-state index contributed by atoms with van der Waals surface area (Å²) in [5.41, 5.74) is 1.73. The number of benzene rings is 2. The molecule has 1 spiro atoms. The van der Waals surface area contributed by atoms with Crippen molar-refractivity contribution in [2.45, 2.75) is 50.4 Å². The lowest BCUT2D eigenvalue weighted by molar-refractivity contribution is 0.0263. The van der Waals surface area contributed by atoms with Gasteiger partial charge in [-0.15, -0.1) is 5.10 Å². The van der Waals surface area contributed by atoms with E-state index in [4.69, 9.17) is 21.6 Å². The predicted octanol–water partition coefficient (Wildman–Crippen LogP) is 4.74. The minimum atomic E-state index is -1.25. The van der Waals surface area contributed by atoms with Crippen molar-refractivity contribution in [1.29, 1.82) is 5.26 Å². The molecule has 42 heavy (non-hydrogen) atoms. The number of halogens is 2. The van der Waals surface area contributed by atoms with Gasteiger partial charge in [-0.2, -0.15) is 10.4 Å². The highest BCUT2D eigenvalue weighted by molar-refractivity contribution is 6.31. The van der Waals surface area contributed by atoms with Crippen LogP contribution in [0.3, 0.4) is 0 Å². The van der Waals surface area contributed by atoms with Crippen molar-refractivity contribution in [2.24, 2.45) is 0 Å². The minimum Gasteiger partial charge on any atom is -0.436 e. The largest absolute Gasteiger partial charge is 0.436 e. The van der Waals surface area contributed by atoms with Crippen molar-refractivity contribution in [2.75, 3.05) is 29.9 Å². The highest BCUT2D eigenvalue weighted by atomic mass is 35.5. The number of rotatable bonds is 9. The first-order valence-corrected chi connectivity index (χ1v) is 14.3. The first kappa shape index (κ1) is 27.9. The van der Waals surface area contributed by atoms with E-state index in [1.807, 2.05) is 17.0 Å². The normalized spacial score (nSPS) is 19.3. The van der Waals surface area contributed by atoms with Gasteiger partial charge < -0.3 is 15.0 Å². The van der Waals surface area contributed by atoms with Crippen molar-refractivity contribution in [1.82, 2.24) is 20.4 Å². The van der Waals surface area contributed by atoms with E-state index in [0.717, 1.165) is 18.7 Å². The Morgan fingerprint density at radius 3 is 2.81 bits per heavy atom. The number of carbonyl (C=O) groups excluding carboxylic acids is 2. The topological polar surface area (TPSA) is 123 Å². The third kappa shape index (κ3) is 5.73. The fourth-order valence-corrected chi connectivity index (χ4v) is 5.83. The van der Waals surface area contributed by atoms with E-state index in [1.165, 1.54) is 30.7 Å². The summed E-state index contributed by atoms with van der Waals surface area (Å²) in [4.78, 5) is 29.5. The molecule has 3 aromatic rings. The van der Waals surface area contributed by atoms with Gasteiger partial charge in [-0.1, -0.05) is 35.9 Å². The van der Waals surface area contributed by atoms with Gasteiger partial charge in [0.1, 0.15) is 0 Å². The van der Waals surface area contributed by atoms with Crippen LogP contribution in [0.4, 0.5) is 20.7 Å². The zero-order valence-corrected chi connectivity index (χ0v) is 23.5. The quantitative estimate of drug-likeness (QED) is 0.367. The molecule has 6 rings (SSSR count). The number of nitriles is 1. The Morgan fingerprint density at radius 2 is 2.05 bits per heavy atom. The SMILES string of the molecule is N#CCCN(Cc1ccc(CNC(=O)c2cnnc(N3CC[C@]4(C3)OC(=O)Nc3ccc(Cl)c(F)c34)c2)cc1)C1CC1. The fourth-order valence-electron chi connectivity index (χ4n) is 5.67. The zero-order chi connectivity index (χ0) is 29.3. The van der Waals surface area contributed by atoms with Crippen LogP contribution < -0.4 is 15.5 Å². The number of hydrogen-bond donors (Lipinski definition) is 2. The van der Waals surface area contributed by atoms with Crippen LogP contribution in [-0.4, -0.2) is 52.8 Å². The lowest BCUT2D eigenvalue weighted by Gasteiger charge is -2.35. The standard InChI is InChI=1S/C30H29ClFN7O3/c31-23-8-9-24-26(27(23)32)30(42-29(41)36-24)10-13-39(18-30)25-14-21(16-35-37-25)28(40)34-15-19-2-4-20(5-3-19)17-38(12-1-11-33)22-6-7-22/h2-5,8-9,14,16,22H,1,6-7,10,12-13,15,17-18H2,(H,34,40)(H,36,41)/t30-/m1/s1. The summed E-state index contributed by atoms with van der Waals surface area (Å²) in [6, 6.07) is 15.5. The molecule has 3 aliphatic rings. The number of nitrogens with one attached hydrogen (secondary N) is 2. The molecule has 1 aromatic heterocycles. The van der Waals surface area contributed by atoms with Crippen LogP contribution in [0.2, 0.25) is 5.02 Å². The molecule has 0 unspecified atom stereocenters. The van der Waals surface area contributed by atoms with E-state index in [1.54, 1.807) is 12.1 Å². The summed E-state index contributed by atoms with van der Waals surface area (Å²) in [5, 5.41) is 22.5. The highest BCUT2D eigenvalue weighted by Gasteiger charge is 2.50. The van der Waals surface area contributed by atoms with Gasteiger partial charge in [-0.3, -0.25) is 15.0 Å². The summed E-state index contributed by atoms with van der Waals surface area (Å²) in [6.07, 6.45) is 3.93. The molecule has 0 radical (unpaired) electrons. The molecule has 2 aliphatic heterocycles. The molecular weight excluding hydrogens is 561 g/mol.